The molecule has 0 saturated carbocycles. The van der Waals surface area contributed by atoms with Crippen molar-refractivity contribution < 1.29 is 14.5 Å². The third kappa shape index (κ3) is 5.24. The van der Waals surface area contributed by atoms with Crippen LogP contribution in [0.4, 0.5) is 10.8 Å². The van der Waals surface area contributed by atoms with E-state index in [1.54, 1.807) is 0 Å². The van der Waals surface area contributed by atoms with Crippen LogP contribution in [0.5, 0.6) is 5.75 Å². The van der Waals surface area contributed by atoms with Gasteiger partial charge in [-0.05, 0) is 12.1 Å². The Kier molecular flexibility index (Phi) is 5.90. The van der Waals surface area contributed by atoms with E-state index in [1.807, 2.05) is 0 Å². The van der Waals surface area contributed by atoms with Crippen LogP contribution >= 0.6 is 23.1 Å². The van der Waals surface area contributed by atoms with Crippen molar-refractivity contribution in [2.75, 3.05) is 17.7 Å². The van der Waals surface area contributed by atoms with Gasteiger partial charge in [-0.15, -0.1) is 16.6 Å². The van der Waals surface area contributed by atoms with Gasteiger partial charge in [0.2, 0.25) is 5.13 Å². The first-order chi connectivity index (χ1) is 11.1. The molecular formula is C13H10N4O4S2. The topological polar surface area (TPSA) is 107 Å². The average molecular weight is 350 g/mol. The summed E-state index contributed by atoms with van der Waals surface area (Å²) in [6.45, 7) is -0.246. The SMILES string of the molecule is C#CCSc1nnc(NC(=O)COc2ccc([N+](=O)[O-])cc2)s1. The molecular weight excluding hydrogens is 340 g/mol. The number of hydrogen-bond acceptors (Lipinski definition) is 8. The van der Waals surface area contributed by atoms with E-state index in [2.05, 4.69) is 21.4 Å². The van der Waals surface area contributed by atoms with E-state index in [1.165, 1.54) is 47.4 Å². The first-order valence-corrected chi connectivity index (χ1v) is 7.95. The van der Waals surface area contributed by atoms with Gasteiger partial charge in [0.05, 0.1) is 10.7 Å². The number of thioether (sulfide) groups is 1. The summed E-state index contributed by atoms with van der Waals surface area (Å²) in [5, 5.41) is 21.1. The van der Waals surface area contributed by atoms with Gasteiger partial charge in [-0.1, -0.05) is 29.0 Å². The number of aromatic nitrogens is 2. The first-order valence-electron chi connectivity index (χ1n) is 6.15. The van der Waals surface area contributed by atoms with Crippen molar-refractivity contribution in [2.24, 2.45) is 0 Å². The fourth-order valence-electron chi connectivity index (χ4n) is 1.39. The maximum Gasteiger partial charge on any atom is 0.269 e. The second-order valence-corrected chi connectivity index (χ2v) is 6.15. The second-order valence-electron chi connectivity index (χ2n) is 3.95. The zero-order chi connectivity index (χ0) is 16.7. The third-order valence-electron chi connectivity index (χ3n) is 2.35. The number of benzene rings is 1. The summed E-state index contributed by atoms with van der Waals surface area (Å²) in [6, 6.07) is 5.44. The minimum absolute atomic E-state index is 0.0485. The van der Waals surface area contributed by atoms with E-state index in [-0.39, 0.29) is 12.3 Å². The predicted molar refractivity (Wildman–Crippen MR) is 86.7 cm³/mol. The van der Waals surface area contributed by atoms with Crippen LogP contribution < -0.4 is 10.1 Å². The van der Waals surface area contributed by atoms with Crippen molar-refractivity contribution in [3.05, 3.63) is 34.4 Å². The van der Waals surface area contributed by atoms with Crippen molar-refractivity contribution in [3.8, 4) is 18.1 Å². The maximum atomic E-state index is 11.7. The molecule has 0 unspecified atom stereocenters. The van der Waals surface area contributed by atoms with Crippen LogP contribution in [0, 0.1) is 22.5 Å². The fourth-order valence-corrected chi connectivity index (χ4v) is 2.84. The van der Waals surface area contributed by atoms with Gasteiger partial charge >= 0.3 is 0 Å². The Morgan fingerprint density at radius 1 is 1.43 bits per heavy atom. The molecule has 118 valence electrons. The van der Waals surface area contributed by atoms with Crippen molar-refractivity contribution in [1.82, 2.24) is 10.2 Å². The molecule has 1 aromatic carbocycles. The molecule has 0 saturated heterocycles. The Morgan fingerprint density at radius 2 is 2.17 bits per heavy atom. The molecule has 0 bridgehead atoms. The highest BCUT2D eigenvalue weighted by atomic mass is 32.2. The lowest BCUT2D eigenvalue weighted by atomic mass is 10.3. The first kappa shape index (κ1) is 16.7. The standard InChI is InChI=1S/C13H10N4O4S2/c1-2-7-22-13-16-15-12(23-13)14-11(18)8-21-10-5-3-9(4-6-10)17(19)20/h1,3-6H,7-8H2,(H,14,15,18). The van der Waals surface area contributed by atoms with Gasteiger partial charge in [0.25, 0.3) is 11.6 Å². The minimum atomic E-state index is -0.512. The largest absolute Gasteiger partial charge is 0.484 e. The number of nitro groups is 1. The molecule has 1 amide bonds. The number of terminal acetylenes is 1. The van der Waals surface area contributed by atoms with E-state index < -0.39 is 10.8 Å². The highest BCUT2D eigenvalue weighted by Crippen LogP contribution is 2.25. The van der Waals surface area contributed by atoms with Crippen LogP contribution in [0.15, 0.2) is 28.6 Å². The number of nitrogens with one attached hydrogen (secondary N) is 1. The van der Waals surface area contributed by atoms with Gasteiger partial charge in [-0.25, -0.2) is 0 Å². The molecule has 1 heterocycles. The summed E-state index contributed by atoms with van der Waals surface area (Å²) < 4.78 is 5.90. The summed E-state index contributed by atoms with van der Waals surface area (Å²) in [4.78, 5) is 21.8. The molecule has 0 radical (unpaired) electrons. The van der Waals surface area contributed by atoms with Gasteiger partial charge in [0, 0.05) is 12.1 Å². The second kappa shape index (κ2) is 8.11. The number of rotatable bonds is 7. The van der Waals surface area contributed by atoms with Gasteiger partial charge in [0.15, 0.2) is 10.9 Å². The van der Waals surface area contributed by atoms with E-state index >= 15 is 0 Å². The lowest BCUT2D eigenvalue weighted by molar-refractivity contribution is -0.384. The Hall–Kier alpha value is -2.64. The van der Waals surface area contributed by atoms with Crippen molar-refractivity contribution in [3.63, 3.8) is 0 Å². The summed E-state index contributed by atoms with van der Waals surface area (Å²) in [7, 11) is 0. The van der Waals surface area contributed by atoms with Crippen LogP contribution in [-0.4, -0.2) is 33.4 Å². The van der Waals surface area contributed by atoms with E-state index in [9.17, 15) is 14.9 Å². The number of non-ortho nitro benzene ring substituents is 1. The highest BCUT2D eigenvalue weighted by molar-refractivity contribution is 8.01. The number of hydrogen-bond donors (Lipinski definition) is 1. The van der Waals surface area contributed by atoms with Gasteiger partial charge in [0.1, 0.15) is 5.75 Å². The lowest BCUT2D eigenvalue weighted by Gasteiger charge is -2.05. The smallest absolute Gasteiger partial charge is 0.269 e. The molecule has 2 aromatic rings. The van der Waals surface area contributed by atoms with E-state index in [4.69, 9.17) is 11.2 Å². The summed E-state index contributed by atoms with van der Waals surface area (Å²) in [6.07, 6.45) is 5.15. The average Bonchev–Trinajstić information content (AvgIpc) is 2.98. The van der Waals surface area contributed by atoms with Crippen LogP contribution in [0.1, 0.15) is 0 Å². The summed E-state index contributed by atoms with van der Waals surface area (Å²) in [5.41, 5.74) is -0.0485. The fraction of sp³-hybridized carbons (Fsp3) is 0.154. The van der Waals surface area contributed by atoms with Crippen molar-refractivity contribution in [2.45, 2.75) is 4.34 Å². The van der Waals surface area contributed by atoms with E-state index in [0.29, 0.717) is 21.0 Å². The molecule has 10 heteroatoms. The number of ether oxygens (including phenoxy) is 1. The molecule has 1 aromatic heterocycles. The number of carbonyl (C=O) groups excluding carboxylic acids is 1. The number of nitrogens with zero attached hydrogens (tertiary/aromatic N) is 3. The van der Waals surface area contributed by atoms with Crippen LogP contribution in [0.2, 0.25) is 0 Å². The molecule has 23 heavy (non-hydrogen) atoms. The third-order valence-corrected chi connectivity index (χ3v) is 4.23. The van der Waals surface area contributed by atoms with Crippen LogP contribution in [0.25, 0.3) is 0 Å². The number of anilines is 1. The lowest BCUT2D eigenvalue weighted by Crippen LogP contribution is -2.20. The molecule has 0 aliphatic carbocycles. The molecule has 8 nitrogen and oxygen atoms in total. The molecule has 1 N–H and O–H groups in total. The van der Waals surface area contributed by atoms with E-state index in [0.717, 1.165) is 0 Å². The van der Waals surface area contributed by atoms with Crippen LogP contribution in [0.3, 0.4) is 0 Å². The number of nitro benzene ring substituents is 1. The summed E-state index contributed by atoms with van der Waals surface area (Å²) in [5.74, 6) is 2.89. The molecule has 0 aliphatic rings. The van der Waals surface area contributed by atoms with Crippen molar-refractivity contribution in [1.29, 1.82) is 0 Å². The normalized spacial score (nSPS) is 9.87. The summed E-state index contributed by atoms with van der Waals surface area (Å²) >= 11 is 2.56. The zero-order valence-corrected chi connectivity index (χ0v) is 13.2. The molecule has 0 aliphatic heterocycles. The Morgan fingerprint density at radius 3 is 2.83 bits per heavy atom. The molecule has 0 fully saturated rings. The quantitative estimate of drug-likeness (QED) is 0.268. The van der Waals surface area contributed by atoms with Gasteiger partial charge in [-0.3, -0.25) is 20.2 Å². The minimum Gasteiger partial charge on any atom is -0.484 e. The number of carbonyl (C=O) groups is 1. The molecule has 0 spiro atoms. The number of amides is 1. The van der Waals surface area contributed by atoms with Crippen LogP contribution in [-0.2, 0) is 4.79 Å². The monoisotopic (exact) mass is 350 g/mol. The molecule has 2 rings (SSSR count). The zero-order valence-electron chi connectivity index (χ0n) is 11.6. The van der Waals surface area contributed by atoms with Gasteiger partial charge in [-0.2, -0.15) is 0 Å². The highest BCUT2D eigenvalue weighted by Gasteiger charge is 2.10. The maximum absolute atomic E-state index is 11.7. The Balaban J connectivity index is 1.81. The van der Waals surface area contributed by atoms with Gasteiger partial charge < -0.3 is 4.74 Å². The Labute approximate surface area is 139 Å². The van der Waals surface area contributed by atoms with Crippen molar-refractivity contribution >= 4 is 39.8 Å². The predicted octanol–water partition coefficient (Wildman–Crippen LogP) is 2.19. The molecule has 0 atom stereocenters. The Bertz CT molecular complexity index is 739.